The summed E-state index contributed by atoms with van der Waals surface area (Å²) in [5, 5.41) is 3.38. The zero-order valence-electron chi connectivity index (χ0n) is 13.0. The molecule has 0 spiro atoms. The molecule has 3 N–H and O–H groups in total. The number of nitrogens with zero attached hydrogens (tertiary/aromatic N) is 1. The maximum atomic E-state index is 12.2. The molecule has 0 aliphatic carbocycles. The summed E-state index contributed by atoms with van der Waals surface area (Å²) in [6, 6.07) is 5.70. The van der Waals surface area contributed by atoms with E-state index in [0.717, 1.165) is 22.4 Å². The quantitative estimate of drug-likeness (QED) is 0.840. The van der Waals surface area contributed by atoms with Gasteiger partial charge in [0.1, 0.15) is 5.75 Å². The van der Waals surface area contributed by atoms with E-state index in [9.17, 15) is 4.79 Å². The molecule has 2 rings (SSSR count). The lowest BCUT2D eigenvalue weighted by atomic mass is 9.97. The number of nitrogens with two attached hydrogens (primary N) is 1. The van der Waals surface area contributed by atoms with Crippen molar-refractivity contribution in [2.24, 2.45) is 5.73 Å². The Kier molecular flexibility index (Phi) is 6.59. The second kappa shape index (κ2) is 7.76. The van der Waals surface area contributed by atoms with Crippen LogP contribution in [0.5, 0.6) is 5.75 Å². The van der Waals surface area contributed by atoms with Crippen LogP contribution in [0.3, 0.4) is 0 Å². The predicted molar refractivity (Wildman–Crippen MR) is 94.2 cm³/mol. The highest BCUT2D eigenvalue weighted by molar-refractivity contribution is 7.22. The zero-order chi connectivity index (χ0) is 15.5. The number of anilines is 1. The summed E-state index contributed by atoms with van der Waals surface area (Å²) in [5.74, 6) is 0.606. The van der Waals surface area contributed by atoms with Crippen LogP contribution in [-0.2, 0) is 4.79 Å². The molecule has 5 nitrogen and oxygen atoms in total. The molecule has 1 atom stereocenters. The van der Waals surface area contributed by atoms with Crippen molar-refractivity contribution in [1.29, 1.82) is 0 Å². The molecular weight excluding hydrogens is 322 g/mol. The topological polar surface area (TPSA) is 77.2 Å². The summed E-state index contributed by atoms with van der Waals surface area (Å²) < 4.78 is 6.44. The second-order valence-corrected chi connectivity index (χ2v) is 6.23. The Hall–Kier alpha value is -1.37. The number of fused-ring (bicyclic) bond motifs is 1. The van der Waals surface area contributed by atoms with E-state index in [2.05, 4.69) is 10.3 Å². The average molecular weight is 344 g/mol. The van der Waals surface area contributed by atoms with Gasteiger partial charge in [-0.1, -0.05) is 24.7 Å². The SMILES string of the molecule is CCCC(C)(N)C(=O)Nc1nc2ccc(OCC)cc2s1.Cl. The normalized spacial score (nSPS) is 13.3. The Morgan fingerprint density at radius 2 is 2.18 bits per heavy atom. The lowest BCUT2D eigenvalue weighted by Gasteiger charge is -2.21. The Bertz CT molecular complexity index is 643. The molecule has 22 heavy (non-hydrogen) atoms. The van der Waals surface area contributed by atoms with E-state index < -0.39 is 5.54 Å². The molecule has 0 aliphatic rings. The molecule has 1 aromatic carbocycles. The van der Waals surface area contributed by atoms with E-state index in [4.69, 9.17) is 10.5 Å². The van der Waals surface area contributed by atoms with Crippen molar-refractivity contribution in [3.05, 3.63) is 18.2 Å². The minimum absolute atomic E-state index is 0. The summed E-state index contributed by atoms with van der Waals surface area (Å²) >= 11 is 1.42. The third kappa shape index (κ3) is 4.32. The summed E-state index contributed by atoms with van der Waals surface area (Å²) in [5.41, 5.74) is 5.99. The first-order valence-electron chi connectivity index (χ1n) is 7.10. The average Bonchev–Trinajstić information content (AvgIpc) is 2.80. The fourth-order valence-electron chi connectivity index (χ4n) is 2.09. The first kappa shape index (κ1) is 18.7. The maximum absolute atomic E-state index is 12.2. The maximum Gasteiger partial charge on any atom is 0.245 e. The molecule has 0 fully saturated rings. The number of halogens is 1. The van der Waals surface area contributed by atoms with Crippen LogP contribution in [0.1, 0.15) is 33.6 Å². The molecule has 2 aromatic rings. The van der Waals surface area contributed by atoms with E-state index in [1.807, 2.05) is 32.0 Å². The highest BCUT2D eigenvalue weighted by atomic mass is 35.5. The molecular formula is C15H22ClN3O2S. The first-order valence-corrected chi connectivity index (χ1v) is 7.91. The standard InChI is InChI=1S/C15H21N3O2S.ClH/c1-4-8-15(3,16)13(19)18-14-17-11-7-6-10(20-5-2)9-12(11)21-14;/h6-7,9H,4-5,8,16H2,1-3H3,(H,17,18,19);1H. The number of aromatic nitrogens is 1. The van der Waals surface area contributed by atoms with Crippen LogP contribution in [-0.4, -0.2) is 23.0 Å². The molecule has 0 saturated heterocycles. The highest BCUT2D eigenvalue weighted by Gasteiger charge is 2.27. The van der Waals surface area contributed by atoms with E-state index in [-0.39, 0.29) is 18.3 Å². The van der Waals surface area contributed by atoms with Crippen molar-refractivity contribution >= 4 is 45.0 Å². The monoisotopic (exact) mass is 343 g/mol. The largest absolute Gasteiger partial charge is 0.494 e. The molecule has 0 bridgehead atoms. The van der Waals surface area contributed by atoms with Gasteiger partial charge in [0, 0.05) is 0 Å². The molecule has 122 valence electrons. The van der Waals surface area contributed by atoms with Gasteiger partial charge in [-0.05, 0) is 38.5 Å². The Morgan fingerprint density at radius 1 is 1.45 bits per heavy atom. The van der Waals surface area contributed by atoms with Gasteiger partial charge >= 0.3 is 0 Å². The third-order valence-electron chi connectivity index (χ3n) is 3.18. The first-order chi connectivity index (χ1) is 9.96. The summed E-state index contributed by atoms with van der Waals surface area (Å²) in [4.78, 5) is 16.6. The molecule has 1 aromatic heterocycles. The number of carbonyl (C=O) groups excluding carboxylic acids is 1. The second-order valence-electron chi connectivity index (χ2n) is 5.20. The number of benzene rings is 1. The number of ether oxygens (including phenoxy) is 1. The number of carbonyl (C=O) groups is 1. The molecule has 1 unspecified atom stereocenters. The van der Waals surface area contributed by atoms with Crippen LogP contribution in [0.2, 0.25) is 0 Å². The van der Waals surface area contributed by atoms with Gasteiger partial charge in [-0.3, -0.25) is 4.79 Å². The number of nitrogens with one attached hydrogen (secondary N) is 1. The predicted octanol–water partition coefficient (Wildman–Crippen LogP) is 3.57. The van der Waals surface area contributed by atoms with Gasteiger partial charge in [0.15, 0.2) is 5.13 Å². The van der Waals surface area contributed by atoms with Crippen LogP contribution in [0.4, 0.5) is 5.13 Å². The van der Waals surface area contributed by atoms with Gasteiger partial charge < -0.3 is 15.8 Å². The van der Waals surface area contributed by atoms with Crippen LogP contribution in [0.15, 0.2) is 18.2 Å². The van der Waals surface area contributed by atoms with Crippen LogP contribution >= 0.6 is 23.7 Å². The zero-order valence-corrected chi connectivity index (χ0v) is 14.6. The lowest BCUT2D eigenvalue weighted by molar-refractivity contribution is -0.120. The van der Waals surface area contributed by atoms with Crippen molar-refractivity contribution in [2.45, 2.75) is 39.2 Å². The van der Waals surface area contributed by atoms with Gasteiger partial charge in [0.2, 0.25) is 5.91 Å². The van der Waals surface area contributed by atoms with Crippen LogP contribution in [0, 0.1) is 0 Å². The number of hydrogen-bond donors (Lipinski definition) is 2. The summed E-state index contributed by atoms with van der Waals surface area (Å²) in [6.45, 7) is 6.31. The Morgan fingerprint density at radius 3 is 2.82 bits per heavy atom. The minimum atomic E-state index is -0.872. The molecule has 7 heteroatoms. The van der Waals surface area contributed by atoms with Crippen LogP contribution < -0.4 is 15.8 Å². The number of thiazole rings is 1. The number of amides is 1. The smallest absolute Gasteiger partial charge is 0.245 e. The Labute approximate surface area is 140 Å². The highest BCUT2D eigenvalue weighted by Crippen LogP contribution is 2.29. The minimum Gasteiger partial charge on any atom is -0.494 e. The van der Waals surface area contributed by atoms with Gasteiger partial charge in [-0.15, -0.1) is 12.4 Å². The van der Waals surface area contributed by atoms with Crippen molar-refractivity contribution in [3.8, 4) is 5.75 Å². The van der Waals surface area contributed by atoms with Gasteiger partial charge in [-0.25, -0.2) is 4.98 Å². The van der Waals surface area contributed by atoms with Crippen molar-refractivity contribution in [1.82, 2.24) is 4.98 Å². The summed E-state index contributed by atoms with van der Waals surface area (Å²) in [6.07, 6.45) is 1.50. The van der Waals surface area contributed by atoms with Crippen molar-refractivity contribution in [3.63, 3.8) is 0 Å². The fraction of sp³-hybridized carbons (Fsp3) is 0.467. The van der Waals surface area contributed by atoms with E-state index in [1.165, 1.54) is 11.3 Å². The third-order valence-corrected chi connectivity index (χ3v) is 4.11. The lowest BCUT2D eigenvalue weighted by Crippen LogP contribution is -2.48. The van der Waals surface area contributed by atoms with Gasteiger partial charge in [0.25, 0.3) is 0 Å². The molecule has 1 heterocycles. The number of hydrogen-bond acceptors (Lipinski definition) is 5. The molecule has 0 aliphatic heterocycles. The van der Waals surface area contributed by atoms with Crippen molar-refractivity contribution in [2.75, 3.05) is 11.9 Å². The van der Waals surface area contributed by atoms with E-state index >= 15 is 0 Å². The summed E-state index contributed by atoms with van der Waals surface area (Å²) in [7, 11) is 0. The van der Waals surface area contributed by atoms with E-state index in [0.29, 0.717) is 18.2 Å². The van der Waals surface area contributed by atoms with Crippen LogP contribution in [0.25, 0.3) is 10.2 Å². The van der Waals surface area contributed by atoms with Crippen molar-refractivity contribution < 1.29 is 9.53 Å². The van der Waals surface area contributed by atoms with Gasteiger partial charge in [-0.2, -0.15) is 0 Å². The van der Waals surface area contributed by atoms with Gasteiger partial charge in [0.05, 0.1) is 22.4 Å². The molecule has 0 radical (unpaired) electrons. The molecule has 1 amide bonds. The number of rotatable bonds is 6. The fourth-order valence-corrected chi connectivity index (χ4v) is 2.98. The Balaban J connectivity index is 0.00000242. The molecule has 0 saturated carbocycles. The van der Waals surface area contributed by atoms with E-state index in [1.54, 1.807) is 6.92 Å².